The van der Waals surface area contributed by atoms with Crippen molar-refractivity contribution in [1.82, 2.24) is 0 Å². The fourth-order valence-corrected chi connectivity index (χ4v) is 2.61. The number of anilines is 2. The summed E-state index contributed by atoms with van der Waals surface area (Å²) in [5, 5.41) is 4.93. The van der Waals surface area contributed by atoms with Gasteiger partial charge in [0.15, 0.2) is 11.6 Å². The Labute approximate surface area is 108 Å². The van der Waals surface area contributed by atoms with Gasteiger partial charge in [-0.2, -0.15) is 0 Å². The maximum Gasteiger partial charge on any atom is 0.183 e. The second-order valence-corrected chi connectivity index (χ2v) is 4.93. The van der Waals surface area contributed by atoms with E-state index in [1.54, 1.807) is 11.3 Å². The molecule has 5 heteroatoms. The summed E-state index contributed by atoms with van der Waals surface area (Å²) in [6.45, 7) is 1.98. The van der Waals surface area contributed by atoms with Crippen molar-refractivity contribution in [3.63, 3.8) is 0 Å². The maximum absolute atomic E-state index is 13.7. The van der Waals surface area contributed by atoms with E-state index in [0.29, 0.717) is 0 Å². The summed E-state index contributed by atoms with van der Waals surface area (Å²) in [5.41, 5.74) is 5.93. The average molecular weight is 268 g/mol. The van der Waals surface area contributed by atoms with E-state index in [1.165, 1.54) is 6.07 Å². The second kappa shape index (κ2) is 5.35. The van der Waals surface area contributed by atoms with Crippen LogP contribution in [0.2, 0.25) is 0 Å². The summed E-state index contributed by atoms with van der Waals surface area (Å²) < 4.78 is 26.9. The lowest BCUT2D eigenvalue weighted by molar-refractivity contribution is 0.510. The number of thiophene rings is 1. The highest BCUT2D eigenvalue weighted by atomic mass is 32.1. The molecule has 2 aromatic rings. The highest BCUT2D eigenvalue weighted by Gasteiger charge is 2.17. The number of rotatable bonds is 4. The molecule has 0 aliphatic heterocycles. The van der Waals surface area contributed by atoms with Crippen molar-refractivity contribution in [2.75, 3.05) is 11.1 Å². The van der Waals surface area contributed by atoms with Crippen LogP contribution in [-0.2, 0) is 0 Å². The lowest BCUT2D eigenvalue weighted by Crippen LogP contribution is -2.12. The van der Waals surface area contributed by atoms with Gasteiger partial charge in [-0.3, -0.25) is 0 Å². The third kappa shape index (κ3) is 2.46. The van der Waals surface area contributed by atoms with Crippen LogP contribution in [0.5, 0.6) is 0 Å². The molecule has 0 saturated heterocycles. The Kier molecular flexibility index (Phi) is 3.81. The van der Waals surface area contributed by atoms with Crippen LogP contribution in [-0.4, -0.2) is 0 Å². The molecule has 0 aliphatic rings. The molecule has 2 nitrogen and oxygen atoms in total. The van der Waals surface area contributed by atoms with E-state index in [4.69, 9.17) is 5.73 Å². The number of halogens is 2. The third-order valence-corrected chi connectivity index (χ3v) is 3.73. The highest BCUT2D eigenvalue weighted by molar-refractivity contribution is 7.10. The van der Waals surface area contributed by atoms with Crippen molar-refractivity contribution in [2.45, 2.75) is 19.4 Å². The Morgan fingerprint density at radius 2 is 2.11 bits per heavy atom. The molecule has 1 heterocycles. The van der Waals surface area contributed by atoms with Crippen LogP contribution in [0.15, 0.2) is 29.6 Å². The van der Waals surface area contributed by atoms with E-state index in [-0.39, 0.29) is 17.4 Å². The van der Waals surface area contributed by atoms with Crippen molar-refractivity contribution in [1.29, 1.82) is 0 Å². The van der Waals surface area contributed by atoms with E-state index in [0.717, 1.165) is 17.4 Å². The second-order valence-electron chi connectivity index (χ2n) is 3.95. The van der Waals surface area contributed by atoms with Gasteiger partial charge in [-0.15, -0.1) is 11.3 Å². The van der Waals surface area contributed by atoms with Gasteiger partial charge < -0.3 is 11.1 Å². The fourth-order valence-electron chi connectivity index (χ4n) is 1.75. The third-order valence-electron chi connectivity index (χ3n) is 2.74. The minimum atomic E-state index is -0.926. The molecule has 1 aromatic carbocycles. The number of nitrogens with two attached hydrogens (primary N) is 1. The van der Waals surface area contributed by atoms with Gasteiger partial charge in [0.1, 0.15) is 0 Å². The lowest BCUT2D eigenvalue weighted by atomic mass is 10.1. The fraction of sp³-hybridized carbons (Fsp3) is 0.231. The van der Waals surface area contributed by atoms with E-state index in [1.807, 2.05) is 24.4 Å². The van der Waals surface area contributed by atoms with Crippen LogP contribution in [0.1, 0.15) is 24.3 Å². The van der Waals surface area contributed by atoms with Crippen LogP contribution in [0.25, 0.3) is 0 Å². The van der Waals surface area contributed by atoms with Gasteiger partial charge in [-0.05, 0) is 30.0 Å². The van der Waals surface area contributed by atoms with Crippen molar-refractivity contribution < 1.29 is 8.78 Å². The summed E-state index contributed by atoms with van der Waals surface area (Å²) in [6.07, 6.45) is 0.760. The first-order valence-corrected chi connectivity index (χ1v) is 6.54. The van der Waals surface area contributed by atoms with E-state index < -0.39 is 11.6 Å². The van der Waals surface area contributed by atoms with Crippen LogP contribution in [0.3, 0.4) is 0 Å². The molecule has 0 fully saturated rings. The van der Waals surface area contributed by atoms with Crippen molar-refractivity contribution in [3.8, 4) is 0 Å². The first-order chi connectivity index (χ1) is 8.63. The number of nitrogens with one attached hydrogen (secondary N) is 1. The molecule has 0 amide bonds. The largest absolute Gasteiger partial charge is 0.397 e. The number of benzene rings is 1. The zero-order valence-electron chi connectivity index (χ0n) is 9.91. The summed E-state index contributed by atoms with van der Waals surface area (Å²) in [7, 11) is 0. The zero-order chi connectivity index (χ0) is 13.1. The summed E-state index contributed by atoms with van der Waals surface area (Å²) in [5.74, 6) is -1.82. The summed E-state index contributed by atoms with van der Waals surface area (Å²) >= 11 is 1.57. The van der Waals surface area contributed by atoms with Gasteiger partial charge in [0.05, 0.1) is 17.4 Å². The Morgan fingerprint density at radius 1 is 1.33 bits per heavy atom. The molecule has 1 atom stereocenters. The predicted octanol–water partition coefficient (Wildman–Crippen LogP) is 4.17. The topological polar surface area (TPSA) is 38.0 Å². The van der Waals surface area contributed by atoms with E-state index >= 15 is 0 Å². The number of hydrogen-bond acceptors (Lipinski definition) is 3. The molecular weight excluding hydrogens is 254 g/mol. The van der Waals surface area contributed by atoms with Crippen LogP contribution in [0.4, 0.5) is 20.2 Å². The molecule has 0 spiro atoms. The minimum absolute atomic E-state index is 0.0373. The Bertz CT molecular complexity index is 526. The van der Waals surface area contributed by atoms with Crippen LogP contribution in [0, 0.1) is 11.6 Å². The van der Waals surface area contributed by atoms with Crippen molar-refractivity contribution in [2.24, 2.45) is 0 Å². The van der Waals surface area contributed by atoms with Gasteiger partial charge in [0, 0.05) is 4.88 Å². The molecule has 0 radical (unpaired) electrons. The highest BCUT2D eigenvalue weighted by Crippen LogP contribution is 2.31. The first kappa shape index (κ1) is 12.8. The maximum atomic E-state index is 13.7. The van der Waals surface area contributed by atoms with Gasteiger partial charge in [0.2, 0.25) is 0 Å². The Hall–Kier alpha value is -1.62. The molecule has 2 rings (SSSR count). The number of nitrogen functional groups attached to an aromatic ring is 1. The molecular formula is C13H14F2N2S. The smallest absolute Gasteiger partial charge is 0.183 e. The zero-order valence-corrected chi connectivity index (χ0v) is 10.7. The molecule has 0 saturated carbocycles. The van der Waals surface area contributed by atoms with Crippen molar-refractivity contribution >= 4 is 22.7 Å². The summed E-state index contributed by atoms with van der Waals surface area (Å²) in [4.78, 5) is 1.07. The van der Waals surface area contributed by atoms with Gasteiger partial charge >= 0.3 is 0 Å². The Balaban J connectivity index is 2.30. The van der Waals surface area contributed by atoms with Gasteiger partial charge in [0.25, 0.3) is 0 Å². The van der Waals surface area contributed by atoms with Gasteiger partial charge in [-0.1, -0.05) is 13.0 Å². The first-order valence-electron chi connectivity index (χ1n) is 5.67. The molecule has 18 heavy (non-hydrogen) atoms. The average Bonchev–Trinajstić information content (AvgIpc) is 2.88. The summed E-state index contributed by atoms with van der Waals surface area (Å²) in [6, 6.07) is 6.21. The SMILES string of the molecule is CCC(Nc1c(N)ccc(F)c1F)c1cccs1. The monoisotopic (exact) mass is 268 g/mol. The minimum Gasteiger partial charge on any atom is -0.397 e. The van der Waals surface area contributed by atoms with Crippen molar-refractivity contribution in [3.05, 3.63) is 46.2 Å². The molecule has 96 valence electrons. The molecule has 0 bridgehead atoms. The molecule has 0 aliphatic carbocycles. The lowest BCUT2D eigenvalue weighted by Gasteiger charge is -2.19. The molecule has 3 N–H and O–H groups in total. The quantitative estimate of drug-likeness (QED) is 0.817. The molecule has 1 unspecified atom stereocenters. The van der Waals surface area contributed by atoms with E-state index in [2.05, 4.69) is 5.32 Å². The van der Waals surface area contributed by atoms with Gasteiger partial charge in [-0.25, -0.2) is 8.78 Å². The van der Waals surface area contributed by atoms with Crippen LogP contribution < -0.4 is 11.1 Å². The normalized spacial score (nSPS) is 12.4. The van der Waals surface area contributed by atoms with Crippen LogP contribution >= 0.6 is 11.3 Å². The Morgan fingerprint density at radius 3 is 2.72 bits per heavy atom. The predicted molar refractivity (Wildman–Crippen MR) is 71.7 cm³/mol. The molecule has 1 aromatic heterocycles. The van der Waals surface area contributed by atoms with E-state index in [9.17, 15) is 8.78 Å². The standard InChI is InChI=1S/C13H14F2N2S/c1-2-10(11-4-3-7-18-11)17-13-9(16)6-5-8(14)12(13)15/h3-7,10,17H,2,16H2,1H3. The number of hydrogen-bond donors (Lipinski definition) is 2.